The minimum Gasteiger partial charge on any atom is -0.345 e. The van der Waals surface area contributed by atoms with Gasteiger partial charge in [-0.2, -0.15) is 13.2 Å². The van der Waals surface area contributed by atoms with E-state index in [1.54, 1.807) is 0 Å². The SMILES string of the molecule is NC1CCCc2[nH]c(CC(F)(F)F)nc21. The summed E-state index contributed by atoms with van der Waals surface area (Å²) in [5.41, 5.74) is 7.14. The zero-order valence-corrected chi connectivity index (χ0v) is 8.06. The molecule has 1 aliphatic carbocycles. The van der Waals surface area contributed by atoms with Crippen molar-refractivity contribution in [2.45, 2.75) is 37.9 Å². The summed E-state index contributed by atoms with van der Waals surface area (Å²) >= 11 is 0. The van der Waals surface area contributed by atoms with E-state index in [-0.39, 0.29) is 11.9 Å². The molecule has 2 rings (SSSR count). The summed E-state index contributed by atoms with van der Waals surface area (Å²) in [7, 11) is 0. The molecule has 1 unspecified atom stereocenters. The lowest BCUT2D eigenvalue weighted by atomic mass is 9.97. The van der Waals surface area contributed by atoms with Crippen LogP contribution in [0.5, 0.6) is 0 Å². The summed E-state index contributed by atoms with van der Waals surface area (Å²) in [6.45, 7) is 0. The lowest BCUT2D eigenvalue weighted by molar-refractivity contribution is -0.128. The van der Waals surface area contributed by atoms with Crippen molar-refractivity contribution in [3.05, 3.63) is 17.2 Å². The molecule has 0 amide bonds. The number of fused-ring (bicyclic) bond motifs is 1. The van der Waals surface area contributed by atoms with Gasteiger partial charge < -0.3 is 10.7 Å². The number of alkyl halides is 3. The Morgan fingerprint density at radius 1 is 1.47 bits per heavy atom. The van der Waals surface area contributed by atoms with E-state index in [2.05, 4.69) is 9.97 Å². The molecule has 0 spiro atoms. The first kappa shape index (κ1) is 10.5. The van der Waals surface area contributed by atoms with E-state index in [0.717, 1.165) is 25.0 Å². The molecule has 6 heteroatoms. The number of aromatic amines is 1. The van der Waals surface area contributed by atoms with Gasteiger partial charge in [-0.05, 0) is 19.3 Å². The van der Waals surface area contributed by atoms with Crippen molar-refractivity contribution >= 4 is 0 Å². The molecule has 0 aromatic carbocycles. The van der Waals surface area contributed by atoms with Gasteiger partial charge in [0.25, 0.3) is 0 Å². The Labute approximate surface area is 84.9 Å². The van der Waals surface area contributed by atoms with Crippen LogP contribution in [-0.2, 0) is 12.8 Å². The Morgan fingerprint density at radius 3 is 2.80 bits per heavy atom. The van der Waals surface area contributed by atoms with Crippen LogP contribution in [0.25, 0.3) is 0 Å². The smallest absolute Gasteiger partial charge is 0.345 e. The molecule has 15 heavy (non-hydrogen) atoms. The standard InChI is InChI=1S/C9H12F3N3/c10-9(11,12)4-7-14-6-3-1-2-5(13)8(6)15-7/h5H,1-4,13H2,(H,14,15). The molecule has 0 fully saturated rings. The van der Waals surface area contributed by atoms with E-state index in [1.165, 1.54) is 0 Å². The first-order chi connectivity index (χ1) is 6.96. The molecule has 0 saturated carbocycles. The van der Waals surface area contributed by atoms with Crippen molar-refractivity contribution in [1.29, 1.82) is 0 Å². The Hall–Kier alpha value is -1.04. The van der Waals surface area contributed by atoms with Crippen molar-refractivity contribution in [2.75, 3.05) is 0 Å². The van der Waals surface area contributed by atoms with Crippen molar-refractivity contribution < 1.29 is 13.2 Å². The third-order valence-corrected chi connectivity index (χ3v) is 2.52. The molecule has 3 N–H and O–H groups in total. The molecule has 0 bridgehead atoms. The highest BCUT2D eigenvalue weighted by molar-refractivity contribution is 5.21. The summed E-state index contributed by atoms with van der Waals surface area (Å²) < 4.78 is 36.3. The van der Waals surface area contributed by atoms with Crippen LogP contribution in [-0.4, -0.2) is 16.1 Å². The quantitative estimate of drug-likeness (QED) is 0.757. The van der Waals surface area contributed by atoms with Gasteiger partial charge in [0.15, 0.2) is 0 Å². The maximum Gasteiger partial charge on any atom is 0.396 e. The van der Waals surface area contributed by atoms with Crippen molar-refractivity contribution in [2.24, 2.45) is 5.73 Å². The Bertz CT molecular complexity index is 356. The number of rotatable bonds is 1. The van der Waals surface area contributed by atoms with Crippen LogP contribution in [0.4, 0.5) is 13.2 Å². The van der Waals surface area contributed by atoms with Crippen LogP contribution in [0.2, 0.25) is 0 Å². The predicted octanol–water partition coefficient (Wildman–Crippen LogP) is 1.85. The lowest BCUT2D eigenvalue weighted by Crippen LogP contribution is -2.17. The molecule has 1 atom stereocenters. The third-order valence-electron chi connectivity index (χ3n) is 2.52. The minimum absolute atomic E-state index is 0.0233. The lowest BCUT2D eigenvalue weighted by Gasteiger charge is -2.15. The fourth-order valence-corrected chi connectivity index (χ4v) is 1.89. The number of nitrogens with one attached hydrogen (secondary N) is 1. The average Bonchev–Trinajstić information content (AvgIpc) is 2.45. The number of aryl methyl sites for hydroxylation is 1. The molecule has 1 aliphatic rings. The highest BCUT2D eigenvalue weighted by atomic mass is 19.4. The Morgan fingerprint density at radius 2 is 2.20 bits per heavy atom. The van der Waals surface area contributed by atoms with Gasteiger partial charge in [-0.15, -0.1) is 0 Å². The van der Waals surface area contributed by atoms with Gasteiger partial charge in [-0.3, -0.25) is 0 Å². The monoisotopic (exact) mass is 219 g/mol. The minimum atomic E-state index is -4.22. The average molecular weight is 219 g/mol. The molecular weight excluding hydrogens is 207 g/mol. The number of halogens is 3. The summed E-state index contributed by atoms with van der Waals surface area (Å²) in [4.78, 5) is 6.63. The maximum absolute atomic E-state index is 12.1. The molecule has 0 aliphatic heterocycles. The molecule has 1 aromatic rings. The van der Waals surface area contributed by atoms with Gasteiger partial charge in [-0.25, -0.2) is 4.98 Å². The molecule has 3 nitrogen and oxygen atoms in total. The van der Waals surface area contributed by atoms with Crippen LogP contribution in [0.3, 0.4) is 0 Å². The summed E-state index contributed by atoms with van der Waals surface area (Å²) in [5, 5.41) is 0. The van der Waals surface area contributed by atoms with Crippen LogP contribution in [0.1, 0.15) is 36.1 Å². The first-order valence-electron chi connectivity index (χ1n) is 4.86. The van der Waals surface area contributed by atoms with Gasteiger partial charge in [0, 0.05) is 11.7 Å². The number of aromatic nitrogens is 2. The number of H-pyrrole nitrogens is 1. The van der Waals surface area contributed by atoms with Gasteiger partial charge in [0.1, 0.15) is 12.2 Å². The zero-order chi connectivity index (χ0) is 11.1. The molecular formula is C9H12F3N3. The molecule has 84 valence electrons. The number of imidazole rings is 1. The Kier molecular flexibility index (Phi) is 2.46. The number of hydrogen-bond donors (Lipinski definition) is 2. The van der Waals surface area contributed by atoms with Crippen LogP contribution >= 0.6 is 0 Å². The van der Waals surface area contributed by atoms with E-state index >= 15 is 0 Å². The summed E-state index contributed by atoms with van der Waals surface area (Å²) in [6.07, 6.45) is -2.78. The van der Waals surface area contributed by atoms with Crippen LogP contribution < -0.4 is 5.73 Å². The topological polar surface area (TPSA) is 54.7 Å². The molecule has 1 aromatic heterocycles. The predicted molar refractivity (Wildman–Crippen MR) is 48.2 cm³/mol. The molecule has 0 radical (unpaired) electrons. The fourth-order valence-electron chi connectivity index (χ4n) is 1.89. The van der Waals surface area contributed by atoms with Crippen molar-refractivity contribution in [1.82, 2.24) is 9.97 Å². The van der Waals surface area contributed by atoms with E-state index in [9.17, 15) is 13.2 Å². The normalized spacial score (nSPS) is 21.5. The number of hydrogen-bond acceptors (Lipinski definition) is 2. The van der Waals surface area contributed by atoms with E-state index in [4.69, 9.17) is 5.73 Å². The maximum atomic E-state index is 12.1. The van der Waals surface area contributed by atoms with Gasteiger partial charge in [0.2, 0.25) is 0 Å². The third kappa shape index (κ3) is 2.31. The summed E-state index contributed by atoms with van der Waals surface area (Å²) in [5.74, 6) is -0.0233. The number of nitrogens with zero attached hydrogens (tertiary/aromatic N) is 1. The van der Waals surface area contributed by atoms with E-state index < -0.39 is 12.6 Å². The Balaban J connectivity index is 2.22. The molecule has 1 heterocycles. The fraction of sp³-hybridized carbons (Fsp3) is 0.667. The molecule has 0 saturated heterocycles. The van der Waals surface area contributed by atoms with Crippen molar-refractivity contribution in [3.8, 4) is 0 Å². The highest BCUT2D eigenvalue weighted by Crippen LogP contribution is 2.27. The van der Waals surface area contributed by atoms with Gasteiger partial charge in [-0.1, -0.05) is 0 Å². The largest absolute Gasteiger partial charge is 0.396 e. The zero-order valence-electron chi connectivity index (χ0n) is 8.06. The first-order valence-corrected chi connectivity index (χ1v) is 4.86. The van der Waals surface area contributed by atoms with Crippen LogP contribution in [0, 0.1) is 0 Å². The summed E-state index contributed by atoms with van der Waals surface area (Å²) in [6, 6.07) is -0.216. The second-order valence-corrected chi connectivity index (χ2v) is 3.84. The second-order valence-electron chi connectivity index (χ2n) is 3.84. The van der Waals surface area contributed by atoms with E-state index in [0.29, 0.717) is 5.69 Å². The van der Waals surface area contributed by atoms with Gasteiger partial charge >= 0.3 is 6.18 Å². The highest BCUT2D eigenvalue weighted by Gasteiger charge is 2.31. The van der Waals surface area contributed by atoms with Crippen molar-refractivity contribution in [3.63, 3.8) is 0 Å². The van der Waals surface area contributed by atoms with Gasteiger partial charge in [0.05, 0.1) is 5.69 Å². The van der Waals surface area contributed by atoms with E-state index in [1.807, 2.05) is 0 Å². The number of nitrogens with two attached hydrogens (primary N) is 1. The second kappa shape index (κ2) is 3.52. The van der Waals surface area contributed by atoms with Crippen LogP contribution in [0.15, 0.2) is 0 Å².